The fourth-order valence-electron chi connectivity index (χ4n) is 2.17. The minimum Gasteiger partial charge on any atom is -0.465 e. The van der Waals surface area contributed by atoms with Crippen LogP contribution >= 0.6 is 11.3 Å². The maximum Gasteiger partial charge on any atom is 0.348 e. The molecule has 0 fully saturated rings. The van der Waals surface area contributed by atoms with Gasteiger partial charge in [-0.3, -0.25) is 4.79 Å². The van der Waals surface area contributed by atoms with Crippen LogP contribution < -0.4 is 5.32 Å². The van der Waals surface area contributed by atoms with Crippen molar-refractivity contribution in [3.05, 3.63) is 57.8 Å². The largest absolute Gasteiger partial charge is 0.465 e. The smallest absolute Gasteiger partial charge is 0.348 e. The van der Waals surface area contributed by atoms with E-state index in [1.54, 1.807) is 0 Å². The van der Waals surface area contributed by atoms with Gasteiger partial charge in [0.1, 0.15) is 4.88 Å². The fourth-order valence-corrected chi connectivity index (χ4v) is 3.02. The SMILES string of the molecule is COC(=O)c1sccc1CC(NC(C)=O)c1ccccc1. The predicted molar refractivity (Wildman–Crippen MR) is 82.4 cm³/mol. The van der Waals surface area contributed by atoms with Gasteiger partial charge >= 0.3 is 5.97 Å². The Morgan fingerprint density at radius 2 is 1.95 bits per heavy atom. The van der Waals surface area contributed by atoms with Crippen molar-refractivity contribution in [1.82, 2.24) is 5.32 Å². The van der Waals surface area contributed by atoms with Gasteiger partial charge < -0.3 is 10.1 Å². The van der Waals surface area contributed by atoms with Crippen LogP contribution in [0.3, 0.4) is 0 Å². The summed E-state index contributed by atoms with van der Waals surface area (Å²) >= 11 is 1.35. The summed E-state index contributed by atoms with van der Waals surface area (Å²) in [5.74, 6) is -0.437. The van der Waals surface area contributed by atoms with E-state index in [0.29, 0.717) is 11.3 Å². The number of carbonyl (C=O) groups is 2. The topological polar surface area (TPSA) is 55.4 Å². The van der Waals surface area contributed by atoms with Crippen LogP contribution in [0.4, 0.5) is 0 Å². The second kappa shape index (κ2) is 7.04. The number of benzene rings is 1. The lowest BCUT2D eigenvalue weighted by atomic mass is 9.99. The quantitative estimate of drug-likeness (QED) is 0.864. The van der Waals surface area contributed by atoms with E-state index in [2.05, 4.69) is 5.32 Å². The van der Waals surface area contributed by atoms with Gasteiger partial charge in [0.15, 0.2) is 0 Å². The van der Waals surface area contributed by atoms with E-state index in [1.807, 2.05) is 41.8 Å². The van der Waals surface area contributed by atoms with E-state index < -0.39 is 0 Å². The van der Waals surface area contributed by atoms with Crippen LogP contribution in [0.1, 0.15) is 33.8 Å². The molecule has 5 heteroatoms. The first-order valence-corrected chi connectivity index (χ1v) is 7.46. The highest BCUT2D eigenvalue weighted by Crippen LogP contribution is 2.24. The number of nitrogens with one attached hydrogen (secondary N) is 1. The summed E-state index contributed by atoms with van der Waals surface area (Å²) in [6.45, 7) is 1.49. The molecule has 1 unspecified atom stereocenters. The van der Waals surface area contributed by atoms with Crippen LogP contribution in [0, 0.1) is 0 Å². The number of hydrogen-bond donors (Lipinski definition) is 1. The number of amides is 1. The van der Waals surface area contributed by atoms with Crippen molar-refractivity contribution < 1.29 is 14.3 Å². The highest BCUT2D eigenvalue weighted by atomic mass is 32.1. The molecule has 110 valence electrons. The first-order chi connectivity index (χ1) is 10.1. The molecule has 1 aromatic carbocycles. The summed E-state index contributed by atoms with van der Waals surface area (Å²) in [5.41, 5.74) is 1.89. The molecular weight excluding hydrogens is 286 g/mol. The summed E-state index contributed by atoms with van der Waals surface area (Å²) in [4.78, 5) is 23.8. The molecule has 0 radical (unpaired) electrons. The summed E-state index contributed by atoms with van der Waals surface area (Å²) in [6, 6.07) is 11.4. The second-order valence-corrected chi connectivity index (χ2v) is 5.55. The first kappa shape index (κ1) is 15.3. The average Bonchev–Trinajstić information content (AvgIpc) is 2.94. The maximum atomic E-state index is 11.7. The summed E-state index contributed by atoms with van der Waals surface area (Å²) in [6.07, 6.45) is 0.553. The monoisotopic (exact) mass is 303 g/mol. The van der Waals surface area contributed by atoms with E-state index in [4.69, 9.17) is 4.74 Å². The van der Waals surface area contributed by atoms with Gasteiger partial charge in [-0.05, 0) is 29.0 Å². The third-order valence-electron chi connectivity index (χ3n) is 3.12. The van der Waals surface area contributed by atoms with Crippen molar-refractivity contribution in [2.24, 2.45) is 0 Å². The molecule has 0 bridgehead atoms. The zero-order valence-corrected chi connectivity index (χ0v) is 12.8. The first-order valence-electron chi connectivity index (χ1n) is 6.58. The second-order valence-electron chi connectivity index (χ2n) is 4.63. The Balaban J connectivity index is 2.26. The lowest BCUT2D eigenvalue weighted by molar-refractivity contribution is -0.119. The number of rotatable bonds is 5. The van der Waals surface area contributed by atoms with Gasteiger partial charge in [-0.25, -0.2) is 4.79 Å². The Labute approximate surface area is 127 Å². The molecule has 1 N–H and O–H groups in total. The molecule has 2 rings (SSSR count). The van der Waals surface area contributed by atoms with Crippen LogP contribution in [0.2, 0.25) is 0 Å². The molecule has 4 nitrogen and oxygen atoms in total. The number of hydrogen-bond acceptors (Lipinski definition) is 4. The van der Waals surface area contributed by atoms with Gasteiger partial charge in [-0.1, -0.05) is 30.3 Å². The van der Waals surface area contributed by atoms with E-state index in [-0.39, 0.29) is 17.9 Å². The Hall–Kier alpha value is -2.14. The van der Waals surface area contributed by atoms with Crippen molar-refractivity contribution in [2.45, 2.75) is 19.4 Å². The van der Waals surface area contributed by atoms with Crippen LogP contribution in [-0.2, 0) is 16.0 Å². The average molecular weight is 303 g/mol. The van der Waals surface area contributed by atoms with Crippen molar-refractivity contribution in [3.63, 3.8) is 0 Å². The molecule has 0 aliphatic carbocycles. The van der Waals surface area contributed by atoms with Crippen LogP contribution in [-0.4, -0.2) is 19.0 Å². The Morgan fingerprint density at radius 1 is 1.24 bits per heavy atom. The Bertz CT molecular complexity index is 621. The van der Waals surface area contributed by atoms with E-state index in [9.17, 15) is 9.59 Å². The molecule has 0 saturated heterocycles. The number of thiophene rings is 1. The number of ether oxygens (including phenoxy) is 1. The van der Waals surface area contributed by atoms with Crippen molar-refractivity contribution in [1.29, 1.82) is 0 Å². The molecule has 21 heavy (non-hydrogen) atoms. The maximum absolute atomic E-state index is 11.7. The van der Waals surface area contributed by atoms with Gasteiger partial charge in [0, 0.05) is 6.92 Å². The molecule has 1 amide bonds. The molecule has 1 aromatic heterocycles. The van der Waals surface area contributed by atoms with E-state index >= 15 is 0 Å². The van der Waals surface area contributed by atoms with Crippen LogP contribution in [0.5, 0.6) is 0 Å². The lowest BCUT2D eigenvalue weighted by Crippen LogP contribution is -2.28. The zero-order chi connectivity index (χ0) is 15.2. The lowest BCUT2D eigenvalue weighted by Gasteiger charge is -2.18. The van der Waals surface area contributed by atoms with Crippen molar-refractivity contribution in [2.75, 3.05) is 7.11 Å². The number of carbonyl (C=O) groups excluding carboxylic acids is 2. The van der Waals surface area contributed by atoms with Crippen molar-refractivity contribution in [3.8, 4) is 0 Å². The molecule has 0 aliphatic heterocycles. The number of methoxy groups -OCH3 is 1. The third kappa shape index (κ3) is 3.92. The van der Waals surface area contributed by atoms with Gasteiger partial charge in [0.2, 0.25) is 5.91 Å². The summed E-state index contributed by atoms with van der Waals surface area (Å²) in [7, 11) is 1.37. The van der Waals surface area contributed by atoms with Gasteiger partial charge in [-0.15, -0.1) is 11.3 Å². The molecular formula is C16H17NO3S. The minimum atomic E-state index is -0.338. The van der Waals surface area contributed by atoms with Gasteiger partial charge in [0.25, 0.3) is 0 Å². The van der Waals surface area contributed by atoms with E-state index in [0.717, 1.165) is 11.1 Å². The highest BCUT2D eigenvalue weighted by molar-refractivity contribution is 7.12. The summed E-state index contributed by atoms with van der Waals surface area (Å²) in [5, 5.41) is 4.79. The van der Waals surface area contributed by atoms with Gasteiger partial charge in [-0.2, -0.15) is 0 Å². The zero-order valence-electron chi connectivity index (χ0n) is 12.0. The van der Waals surface area contributed by atoms with Crippen LogP contribution in [0.25, 0.3) is 0 Å². The van der Waals surface area contributed by atoms with Gasteiger partial charge in [0.05, 0.1) is 13.2 Å². The molecule has 0 aliphatic rings. The normalized spacial score (nSPS) is 11.7. The molecule has 0 spiro atoms. The molecule has 1 atom stereocenters. The van der Waals surface area contributed by atoms with E-state index in [1.165, 1.54) is 25.4 Å². The standard InChI is InChI=1S/C16H17NO3S/c1-11(18)17-14(12-6-4-3-5-7-12)10-13-8-9-21-15(13)16(19)20-2/h3-9,14H,10H2,1-2H3,(H,17,18). The fraction of sp³-hybridized carbons (Fsp3) is 0.250. The molecule has 2 aromatic rings. The third-order valence-corrected chi connectivity index (χ3v) is 4.06. The van der Waals surface area contributed by atoms with Crippen LogP contribution in [0.15, 0.2) is 41.8 Å². The molecule has 0 saturated carbocycles. The Kier molecular flexibility index (Phi) is 5.11. The molecule has 1 heterocycles. The van der Waals surface area contributed by atoms with Crippen molar-refractivity contribution >= 4 is 23.2 Å². The Morgan fingerprint density at radius 3 is 2.57 bits per heavy atom. The highest BCUT2D eigenvalue weighted by Gasteiger charge is 2.19. The number of esters is 1. The minimum absolute atomic E-state index is 0.0984. The summed E-state index contributed by atoms with van der Waals surface area (Å²) < 4.78 is 4.79. The predicted octanol–water partition coefficient (Wildman–Crippen LogP) is 2.95.